The maximum Gasteiger partial charge on any atom is 0.137 e. The van der Waals surface area contributed by atoms with E-state index in [2.05, 4.69) is 15.9 Å². The molecule has 1 fully saturated rings. The molecule has 0 spiro atoms. The third-order valence-corrected chi connectivity index (χ3v) is 4.32. The maximum absolute atomic E-state index is 13.3. The molecule has 0 bridgehead atoms. The third-order valence-electron chi connectivity index (χ3n) is 3.43. The Kier molecular flexibility index (Phi) is 3.98. The van der Waals surface area contributed by atoms with Crippen LogP contribution in [-0.4, -0.2) is 6.04 Å². The van der Waals surface area contributed by atoms with Gasteiger partial charge in [-0.05, 0) is 65.6 Å². The van der Waals surface area contributed by atoms with Crippen LogP contribution in [0.1, 0.15) is 31.2 Å². The second kappa shape index (κ2) is 5.28. The van der Waals surface area contributed by atoms with Crippen LogP contribution in [0.4, 0.5) is 4.39 Å². The molecular formula is C13H17BrFN. The SMILES string of the molecule is NC1CCC(Cc2cccc(F)c2Br)CC1. The van der Waals surface area contributed by atoms with Gasteiger partial charge in [0.05, 0.1) is 4.47 Å². The minimum absolute atomic E-state index is 0.162. The highest BCUT2D eigenvalue weighted by Gasteiger charge is 2.19. The van der Waals surface area contributed by atoms with Crippen LogP contribution in [0.3, 0.4) is 0 Å². The lowest BCUT2D eigenvalue weighted by Gasteiger charge is -2.26. The highest BCUT2D eigenvalue weighted by molar-refractivity contribution is 9.10. The molecule has 1 aliphatic carbocycles. The molecular weight excluding hydrogens is 269 g/mol. The van der Waals surface area contributed by atoms with Crippen molar-refractivity contribution in [2.45, 2.75) is 38.1 Å². The molecule has 0 aliphatic heterocycles. The van der Waals surface area contributed by atoms with Gasteiger partial charge in [-0.2, -0.15) is 0 Å². The van der Waals surface area contributed by atoms with E-state index in [9.17, 15) is 4.39 Å². The minimum Gasteiger partial charge on any atom is -0.328 e. The first-order chi connectivity index (χ1) is 7.66. The average Bonchev–Trinajstić information content (AvgIpc) is 2.28. The van der Waals surface area contributed by atoms with Gasteiger partial charge < -0.3 is 5.73 Å². The van der Waals surface area contributed by atoms with Gasteiger partial charge in [0.25, 0.3) is 0 Å². The van der Waals surface area contributed by atoms with E-state index in [1.165, 1.54) is 18.9 Å². The van der Waals surface area contributed by atoms with Gasteiger partial charge in [-0.1, -0.05) is 12.1 Å². The zero-order chi connectivity index (χ0) is 11.5. The largest absolute Gasteiger partial charge is 0.328 e. The average molecular weight is 286 g/mol. The van der Waals surface area contributed by atoms with Crippen molar-refractivity contribution in [1.29, 1.82) is 0 Å². The standard InChI is InChI=1S/C13H17BrFN/c14-13-10(2-1-3-12(13)15)8-9-4-6-11(16)7-5-9/h1-3,9,11H,4-8,16H2. The van der Waals surface area contributed by atoms with E-state index in [1.807, 2.05) is 6.07 Å². The molecule has 1 nitrogen and oxygen atoms in total. The summed E-state index contributed by atoms with van der Waals surface area (Å²) in [6.45, 7) is 0. The first-order valence-corrected chi connectivity index (χ1v) is 6.64. The normalized spacial score (nSPS) is 25.7. The zero-order valence-corrected chi connectivity index (χ0v) is 10.8. The van der Waals surface area contributed by atoms with E-state index in [0.717, 1.165) is 24.8 Å². The Morgan fingerprint density at radius 2 is 1.94 bits per heavy atom. The van der Waals surface area contributed by atoms with Gasteiger partial charge in [-0.25, -0.2) is 4.39 Å². The highest BCUT2D eigenvalue weighted by atomic mass is 79.9. The van der Waals surface area contributed by atoms with Crippen molar-refractivity contribution in [3.8, 4) is 0 Å². The van der Waals surface area contributed by atoms with Crippen molar-refractivity contribution in [3.05, 3.63) is 34.1 Å². The van der Waals surface area contributed by atoms with Gasteiger partial charge in [0, 0.05) is 6.04 Å². The van der Waals surface area contributed by atoms with E-state index in [1.54, 1.807) is 6.07 Å². The van der Waals surface area contributed by atoms with Crippen LogP contribution in [0.2, 0.25) is 0 Å². The second-order valence-electron chi connectivity index (χ2n) is 4.70. The van der Waals surface area contributed by atoms with E-state index < -0.39 is 0 Å². The molecule has 0 heterocycles. The molecule has 1 aliphatic rings. The van der Waals surface area contributed by atoms with Crippen LogP contribution >= 0.6 is 15.9 Å². The lowest BCUT2D eigenvalue weighted by Crippen LogP contribution is -2.27. The molecule has 0 aromatic heterocycles. The molecule has 1 aromatic carbocycles. The second-order valence-corrected chi connectivity index (χ2v) is 5.49. The minimum atomic E-state index is -0.162. The van der Waals surface area contributed by atoms with Crippen molar-refractivity contribution < 1.29 is 4.39 Å². The molecule has 16 heavy (non-hydrogen) atoms. The Bertz CT molecular complexity index is 359. The summed E-state index contributed by atoms with van der Waals surface area (Å²) in [7, 11) is 0. The molecule has 2 rings (SSSR count). The van der Waals surface area contributed by atoms with Crippen molar-refractivity contribution in [2.24, 2.45) is 11.7 Å². The number of halogens is 2. The molecule has 88 valence electrons. The summed E-state index contributed by atoms with van der Waals surface area (Å²) in [5.74, 6) is 0.503. The molecule has 0 unspecified atom stereocenters. The number of hydrogen-bond acceptors (Lipinski definition) is 1. The summed E-state index contributed by atoms with van der Waals surface area (Å²) in [4.78, 5) is 0. The van der Waals surface area contributed by atoms with Crippen LogP contribution in [0.15, 0.2) is 22.7 Å². The number of nitrogens with two attached hydrogens (primary N) is 1. The quantitative estimate of drug-likeness (QED) is 0.882. The summed E-state index contributed by atoms with van der Waals surface area (Å²) >= 11 is 3.32. The van der Waals surface area contributed by atoms with Crippen molar-refractivity contribution in [2.75, 3.05) is 0 Å². The van der Waals surface area contributed by atoms with Crippen molar-refractivity contribution >= 4 is 15.9 Å². The Morgan fingerprint density at radius 1 is 1.25 bits per heavy atom. The third kappa shape index (κ3) is 2.83. The summed E-state index contributed by atoms with van der Waals surface area (Å²) in [6.07, 6.45) is 5.52. The van der Waals surface area contributed by atoms with Crippen LogP contribution < -0.4 is 5.73 Å². The number of benzene rings is 1. The van der Waals surface area contributed by atoms with Gasteiger partial charge in [-0.15, -0.1) is 0 Å². The maximum atomic E-state index is 13.3. The topological polar surface area (TPSA) is 26.0 Å². The van der Waals surface area contributed by atoms with Crippen molar-refractivity contribution in [3.63, 3.8) is 0 Å². The predicted octanol–water partition coefficient (Wildman–Crippen LogP) is 3.65. The fraction of sp³-hybridized carbons (Fsp3) is 0.538. The fourth-order valence-corrected chi connectivity index (χ4v) is 2.84. The Morgan fingerprint density at radius 3 is 2.62 bits per heavy atom. The molecule has 2 N–H and O–H groups in total. The smallest absolute Gasteiger partial charge is 0.137 e. The number of hydrogen-bond donors (Lipinski definition) is 1. The fourth-order valence-electron chi connectivity index (χ4n) is 2.41. The van der Waals surface area contributed by atoms with Gasteiger partial charge in [0.2, 0.25) is 0 Å². The Hall–Kier alpha value is -0.410. The van der Waals surface area contributed by atoms with Crippen LogP contribution in [-0.2, 0) is 6.42 Å². The zero-order valence-electron chi connectivity index (χ0n) is 9.26. The lowest BCUT2D eigenvalue weighted by molar-refractivity contribution is 0.324. The lowest BCUT2D eigenvalue weighted by atomic mass is 9.83. The van der Waals surface area contributed by atoms with E-state index >= 15 is 0 Å². The molecule has 0 saturated heterocycles. The van der Waals surface area contributed by atoms with Gasteiger partial charge >= 0.3 is 0 Å². The van der Waals surface area contributed by atoms with Crippen LogP contribution in [0.25, 0.3) is 0 Å². The molecule has 0 radical (unpaired) electrons. The first-order valence-electron chi connectivity index (χ1n) is 5.85. The van der Waals surface area contributed by atoms with E-state index in [0.29, 0.717) is 16.4 Å². The van der Waals surface area contributed by atoms with E-state index in [-0.39, 0.29) is 5.82 Å². The van der Waals surface area contributed by atoms with Gasteiger partial charge in [-0.3, -0.25) is 0 Å². The Balaban J connectivity index is 2.01. The predicted molar refractivity (Wildman–Crippen MR) is 67.7 cm³/mol. The van der Waals surface area contributed by atoms with E-state index in [4.69, 9.17) is 5.73 Å². The molecule has 3 heteroatoms. The van der Waals surface area contributed by atoms with Gasteiger partial charge in [0.15, 0.2) is 0 Å². The molecule has 0 atom stereocenters. The summed E-state index contributed by atoms with van der Waals surface area (Å²) in [6, 6.07) is 5.66. The summed E-state index contributed by atoms with van der Waals surface area (Å²) < 4.78 is 14.0. The highest BCUT2D eigenvalue weighted by Crippen LogP contribution is 2.29. The first kappa shape index (κ1) is 12.1. The molecule has 0 amide bonds. The molecule has 1 saturated carbocycles. The monoisotopic (exact) mass is 285 g/mol. The molecule has 1 aromatic rings. The Labute approximate surface area is 104 Å². The summed E-state index contributed by atoms with van der Waals surface area (Å²) in [5.41, 5.74) is 6.96. The number of rotatable bonds is 2. The summed E-state index contributed by atoms with van der Waals surface area (Å²) in [5, 5.41) is 0. The van der Waals surface area contributed by atoms with Crippen molar-refractivity contribution in [1.82, 2.24) is 0 Å². The van der Waals surface area contributed by atoms with Gasteiger partial charge in [0.1, 0.15) is 5.82 Å². The van der Waals surface area contributed by atoms with Crippen LogP contribution in [0.5, 0.6) is 0 Å². The van der Waals surface area contributed by atoms with Crippen LogP contribution in [0, 0.1) is 11.7 Å².